The number of nitrogens with one attached hydrogen (secondary N) is 1. The Labute approximate surface area is 137 Å². The first-order chi connectivity index (χ1) is 11.6. The van der Waals surface area contributed by atoms with E-state index < -0.39 is 16.9 Å². The van der Waals surface area contributed by atoms with Gasteiger partial charge in [0.25, 0.3) is 5.69 Å². The second-order valence-corrected chi connectivity index (χ2v) is 5.20. The number of non-ortho nitro benzene ring substituents is 1. The van der Waals surface area contributed by atoms with E-state index in [1.165, 1.54) is 12.3 Å². The molecular formula is C17H14N4O3. The summed E-state index contributed by atoms with van der Waals surface area (Å²) in [5, 5.41) is 15.2. The highest BCUT2D eigenvalue weighted by molar-refractivity contribution is 6.00. The van der Waals surface area contributed by atoms with Crippen LogP contribution in [0.1, 0.15) is 11.6 Å². The molecule has 0 radical (unpaired) electrons. The third kappa shape index (κ3) is 2.87. The number of primary amides is 1. The lowest BCUT2D eigenvalue weighted by molar-refractivity contribution is -0.383. The summed E-state index contributed by atoms with van der Waals surface area (Å²) in [5.41, 5.74) is 6.76. The molecular weight excluding hydrogens is 308 g/mol. The number of aromatic nitrogens is 1. The number of nitrogens with two attached hydrogens (primary N) is 1. The van der Waals surface area contributed by atoms with Crippen LogP contribution >= 0.6 is 0 Å². The molecule has 7 nitrogen and oxygen atoms in total. The van der Waals surface area contributed by atoms with Gasteiger partial charge < -0.3 is 11.1 Å². The number of anilines is 1. The van der Waals surface area contributed by atoms with Gasteiger partial charge in [0.15, 0.2) is 0 Å². The normalized spacial score (nSPS) is 11.8. The lowest BCUT2D eigenvalue weighted by atomic mass is 10.0. The number of carbonyl (C=O) groups is 1. The van der Waals surface area contributed by atoms with E-state index in [1.807, 2.05) is 18.2 Å². The largest absolute Gasteiger partial charge is 0.370 e. The van der Waals surface area contributed by atoms with Crippen molar-refractivity contribution in [3.05, 3.63) is 76.6 Å². The Kier molecular flexibility index (Phi) is 4.07. The predicted octanol–water partition coefficient (Wildman–Crippen LogP) is 2.78. The second kappa shape index (κ2) is 6.33. The molecule has 0 aliphatic heterocycles. The number of nitrogens with zero attached hydrogens (tertiary/aromatic N) is 2. The van der Waals surface area contributed by atoms with Crippen molar-refractivity contribution in [1.82, 2.24) is 4.98 Å². The van der Waals surface area contributed by atoms with E-state index in [2.05, 4.69) is 10.3 Å². The van der Waals surface area contributed by atoms with Gasteiger partial charge in [-0.1, -0.05) is 30.3 Å². The predicted molar refractivity (Wildman–Crippen MR) is 90.4 cm³/mol. The second-order valence-electron chi connectivity index (χ2n) is 5.20. The summed E-state index contributed by atoms with van der Waals surface area (Å²) in [6.45, 7) is 0. The van der Waals surface area contributed by atoms with E-state index in [0.717, 1.165) is 0 Å². The molecule has 1 heterocycles. The molecule has 1 amide bonds. The Bertz CT molecular complexity index is 912. The summed E-state index contributed by atoms with van der Waals surface area (Å²) in [4.78, 5) is 26.5. The van der Waals surface area contributed by atoms with E-state index >= 15 is 0 Å². The van der Waals surface area contributed by atoms with E-state index in [1.54, 1.807) is 30.5 Å². The molecule has 0 aliphatic rings. The van der Waals surface area contributed by atoms with Gasteiger partial charge in [0, 0.05) is 29.5 Å². The molecule has 0 bridgehead atoms. The van der Waals surface area contributed by atoms with Crippen LogP contribution in [-0.4, -0.2) is 15.8 Å². The van der Waals surface area contributed by atoms with Crippen LogP contribution in [0.25, 0.3) is 10.8 Å². The van der Waals surface area contributed by atoms with E-state index in [9.17, 15) is 14.9 Å². The summed E-state index contributed by atoms with van der Waals surface area (Å²) < 4.78 is 0. The van der Waals surface area contributed by atoms with Gasteiger partial charge in [0.2, 0.25) is 5.91 Å². The Hall–Kier alpha value is -3.48. The molecule has 0 saturated carbocycles. The maximum Gasteiger partial charge on any atom is 0.278 e. The number of nitro groups is 1. The van der Waals surface area contributed by atoms with Crippen LogP contribution in [0.4, 0.5) is 11.4 Å². The number of amides is 1. The molecule has 3 N–H and O–H groups in total. The quantitative estimate of drug-likeness (QED) is 0.554. The Balaban J connectivity index is 2.08. The molecule has 1 aromatic heterocycles. The summed E-state index contributed by atoms with van der Waals surface area (Å²) in [6.07, 6.45) is 2.97. The Morgan fingerprint density at radius 2 is 1.88 bits per heavy atom. The maximum atomic E-state index is 11.9. The molecule has 24 heavy (non-hydrogen) atoms. The van der Waals surface area contributed by atoms with Crippen molar-refractivity contribution in [1.29, 1.82) is 0 Å². The van der Waals surface area contributed by atoms with Gasteiger partial charge in [0.05, 0.1) is 10.3 Å². The first-order valence-electron chi connectivity index (χ1n) is 7.20. The van der Waals surface area contributed by atoms with Crippen molar-refractivity contribution in [2.45, 2.75) is 6.04 Å². The highest BCUT2D eigenvalue weighted by Crippen LogP contribution is 2.32. The van der Waals surface area contributed by atoms with Crippen LogP contribution in [0.15, 0.2) is 60.9 Å². The van der Waals surface area contributed by atoms with Crippen LogP contribution in [0.5, 0.6) is 0 Å². The van der Waals surface area contributed by atoms with Gasteiger partial charge in [-0.2, -0.15) is 0 Å². The SMILES string of the molecule is NC(=O)C(Nc1ccc([N+](=O)[O-])c2cnccc12)c1ccccc1. The van der Waals surface area contributed by atoms with Crippen LogP contribution in [0.2, 0.25) is 0 Å². The molecule has 120 valence electrons. The Morgan fingerprint density at radius 3 is 2.54 bits per heavy atom. The van der Waals surface area contributed by atoms with Gasteiger partial charge in [0.1, 0.15) is 6.04 Å². The topological polar surface area (TPSA) is 111 Å². The summed E-state index contributed by atoms with van der Waals surface area (Å²) in [5.74, 6) is -0.540. The summed E-state index contributed by atoms with van der Waals surface area (Å²) in [7, 11) is 0. The van der Waals surface area contributed by atoms with Crippen molar-refractivity contribution in [3.8, 4) is 0 Å². The van der Waals surface area contributed by atoms with Crippen LogP contribution < -0.4 is 11.1 Å². The zero-order valence-electron chi connectivity index (χ0n) is 12.5. The lowest BCUT2D eigenvalue weighted by Gasteiger charge is -2.18. The first kappa shape index (κ1) is 15.4. The van der Waals surface area contributed by atoms with E-state index in [4.69, 9.17) is 5.73 Å². The molecule has 1 unspecified atom stereocenters. The lowest BCUT2D eigenvalue weighted by Crippen LogP contribution is -2.27. The molecule has 0 fully saturated rings. The van der Waals surface area contributed by atoms with Crippen LogP contribution in [0, 0.1) is 10.1 Å². The van der Waals surface area contributed by atoms with Gasteiger partial charge in [-0.3, -0.25) is 19.9 Å². The minimum Gasteiger partial charge on any atom is -0.370 e. The fourth-order valence-corrected chi connectivity index (χ4v) is 2.58. The molecule has 3 rings (SSSR count). The Morgan fingerprint density at radius 1 is 1.12 bits per heavy atom. The molecule has 2 aromatic carbocycles. The number of carbonyl (C=O) groups excluding carboxylic acids is 1. The minimum absolute atomic E-state index is 0.0426. The number of pyridine rings is 1. The number of fused-ring (bicyclic) bond motifs is 1. The number of hydrogen-bond donors (Lipinski definition) is 2. The van der Waals surface area contributed by atoms with E-state index in [0.29, 0.717) is 22.0 Å². The van der Waals surface area contributed by atoms with E-state index in [-0.39, 0.29) is 5.69 Å². The third-order valence-electron chi connectivity index (χ3n) is 3.71. The summed E-state index contributed by atoms with van der Waals surface area (Å²) >= 11 is 0. The number of benzene rings is 2. The molecule has 7 heteroatoms. The molecule has 1 atom stereocenters. The smallest absolute Gasteiger partial charge is 0.278 e. The van der Waals surface area contributed by atoms with Gasteiger partial charge in [-0.15, -0.1) is 0 Å². The van der Waals surface area contributed by atoms with Gasteiger partial charge in [-0.05, 0) is 17.7 Å². The average Bonchev–Trinajstić information content (AvgIpc) is 2.59. The average molecular weight is 322 g/mol. The standard InChI is InChI=1S/C17H14N4O3/c18-17(22)16(11-4-2-1-3-5-11)20-14-6-7-15(21(23)24)13-10-19-9-8-12(13)14/h1-10,16,20H,(H2,18,22). The zero-order chi connectivity index (χ0) is 17.1. The fraction of sp³-hybridized carbons (Fsp3) is 0.0588. The summed E-state index contributed by atoms with van der Waals surface area (Å²) in [6, 6.07) is 12.9. The molecule has 0 saturated heterocycles. The molecule has 0 spiro atoms. The molecule has 3 aromatic rings. The third-order valence-corrected chi connectivity index (χ3v) is 3.71. The van der Waals surface area contributed by atoms with Crippen molar-refractivity contribution in [2.75, 3.05) is 5.32 Å². The number of hydrogen-bond acceptors (Lipinski definition) is 5. The van der Waals surface area contributed by atoms with Crippen molar-refractivity contribution >= 4 is 28.1 Å². The molecule has 0 aliphatic carbocycles. The maximum absolute atomic E-state index is 11.9. The fourth-order valence-electron chi connectivity index (χ4n) is 2.58. The van der Waals surface area contributed by atoms with Crippen molar-refractivity contribution in [3.63, 3.8) is 0 Å². The minimum atomic E-state index is -0.746. The zero-order valence-corrected chi connectivity index (χ0v) is 12.5. The highest BCUT2D eigenvalue weighted by atomic mass is 16.6. The van der Waals surface area contributed by atoms with Gasteiger partial charge >= 0.3 is 0 Å². The van der Waals surface area contributed by atoms with Gasteiger partial charge in [-0.25, -0.2) is 0 Å². The first-order valence-corrected chi connectivity index (χ1v) is 7.20. The monoisotopic (exact) mass is 322 g/mol. The van der Waals surface area contributed by atoms with Crippen LogP contribution in [-0.2, 0) is 4.79 Å². The van der Waals surface area contributed by atoms with Crippen molar-refractivity contribution in [2.24, 2.45) is 5.73 Å². The number of nitro benzene ring substituents is 1. The van der Waals surface area contributed by atoms with Crippen molar-refractivity contribution < 1.29 is 9.72 Å². The van der Waals surface area contributed by atoms with Crippen LogP contribution in [0.3, 0.4) is 0 Å². The number of rotatable bonds is 5. The highest BCUT2D eigenvalue weighted by Gasteiger charge is 2.20.